The Balaban J connectivity index is 1.65. The summed E-state index contributed by atoms with van der Waals surface area (Å²) in [5.41, 5.74) is 1.68. The molecule has 0 saturated carbocycles. The maximum atomic E-state index is 12.8. The summed E-state index contributed by atoms with van der Waals surface area (Å²) in [4.78, 5) is 29.5. The van der Waals surface area contributed by atoms with Crippen molar-refractivity contribution < 1.29 is 14.3 Å². The molecule has 1 aliphatic rings. The standard InChI is InChI=1S/C24H32N4O3/c1-24(2,3)26-23(30)31-21-9-7-6-8-20(21)25-22(29)17-10-12-18(13-11-17)28-15-14-19(16-28)27(4)5/h6-13,19H,14-16H2,1-5H3,(H,25,29)(H,26,30). The highest BCUT2D eigenvalue weighted by Crippen LogP contribution is 2.26. The summed E-state index contributed by atoms with van der Waals surface area (Å²) < 4.78 is 5.40. The van der Waals surface area contributed by atoms with Crippen molar-refractivity contribution in [3.63, 3.8) is 0 Å². The predicted octanol–water partition coefficient (Wildman–Crippen LogP) is 3.97. The molecule has 2 aromatic carbocycles. The Kier molecular flexibility index (Phi) is 6.85. The van der Waals surface area contributed by atoms with Crippen molar-refractivity contribution in [1.82, 2.24) is 10.2 Å². The van der Waals surface area contributed by atoms with Gasteiger partial charge in [-0.2, -0.15) is 0 Å². The van der Waals surface area contributed by atoms with Gasteiger partial charge in [0.2, 0.25) is 0 Å². The molecule has 0 bridgehead atoms. The largest absolute Gasteiger partial charge is 0.413 e. The van der Waals surface area contributed by atoms with Crippen LogP contribution in [0.1, 0.15) is 37.6 Å². The quantitative estimate of drug-likeness (QED) is 0.760. The van der Waals surface area contributed by atoms with E-state index in [0.29, 0.717) is 23.0 Å². The molecule has 1 atom stereocenters. The van der Waals surface area contributed by atoms with E-state index in [2.05, 4.69) is 34.5 Å². The molecule has 2 amide bonds. The van der Waals surface area contributed by atoms with E-state index in [1.807, 2.05) is 45.0 Å². The number of carbonyl (C=O) groups excluding carboxylic acids is 2. The van der Waals surface area contributed by atoms with Gasteiger partial charge < -0.3 is 25.2 Å². The fraction of sp³-hybridized carbons (Fsp3) is 0.417. The van der Waals surface area contributed by atoms with E-state index in [0.717, 1.165) is 25.2 Å². The van der Waals surface area contributed by atoms with Crippen molar-refractivity contribution in [3.05, 3.63) is 54.1 Å². The molecule has 2 aromatic rings. The summed E-state index contributed by atoms with van der Waals surface area (Å²) in [6.07, 6.45) is 0.564. The number of likely N-dealkylation sites (N-methyl/N-ethyl adjacent to an activating group) is 1. The van der Waals surface area contributed by atoms with Gasteiger partial charge >= 0.3 is 6.09 Å². The van der Waals surface area contributed by atoms with Crippen molar-refractivity contribution >= 4 is 23.4 Å². The number of para-hydroxylation sites is 2. The number of hydrogen-bond acceptors (Lipinski definition) is 5. The number of carbonyl (C=O) groups is 2. The zero-order valence-electron chi connectivity index (χ0n) is 18.9. The van der Waals surface area contributed by atoms with Crippen LogP contribution in [-0.2, 0) is 0 Å². The van der Waals surface area contributed by atoms with Gasteiger partial charge in [-0.1, -0.05) is 12.1 Å². The van der Waals surface area contributed by atoms with Crippen LogP contribution in [0.25, 0.3) is 0 Å². The maximum Gasteiger partial charge on any atom is 0.413 e. The van der Waals surface area contributed by atoms with Gasteiger partial charge in [-0.15, -0.1) is 0 Å². The number of anilines is 2. The normalized spacial score (nSPS) is 16.3. The average molecular weight is 425 g/mol. The number of rotatable bonds is 5. The van der Waals surface area contributed by atoms with E-state index in [9.17, 15) is 9.59 Å². The van der Waals surface area contributed by atoms with E-state index in [1.54, 1.807) is 24.3 Å². The number of hydrogen-bond donors (Lipinski definition) is 2. The first-order valence-electron chi connectivity index (χ1n) is 10.5. The third-order valence-electron chi connectivity index (χ3n) is 5.20. The molecule has 2 N–H and O–H groups in total. The monoisotopic (exact) mass is 424 g/mol. The van der Waals surface area contributed by atoms with Gasteiger partial charge in [0.15, 0.2) is 5.75 Å². The lowest BCUT2D eigenvalue weighted by molar-refractivity contribution is 0.102. The lowest BCUT2D eigenvalue weighted by atomic mass is 10.1. The number of nitrogens with zero attached hydrogens (tertiary/aromatic N) is 2. The third-order valence-corrected chi connectivity index (χ3v) is 5.20. The number of amides is 2. The van der Waals surface area contributed by atoms with Crippen LogP contribution >= 0.6 is 0 Å². The van der Waals surface area contributed by atoms with Crippen LogP contribution in [0.2, 0.25) is 0 Å². The van der Waals surface area contributed by atoms with Gasteiger partial charge in [0, 0.05) is 35.9 Å². The highest BCUT2D eigenvalue weighted by atomic mass is 16.6. The Morgan fingerprint density at radius 1 is 1.06 bits per heavy atom. The third kappa shape index (κ3) is 6.21. The smallest absolute Gasteiger partial charge is 0.408 e. The van der Waals surface area contributed by atoms with Crippen molar-refractivity contribution in [2.45, 2.75) is 38.8 Å². The molecule has 31 heavy (non-hydrogen) atoms. The van der Waals surface area contributed by atoms with E-state index in [4.69, 9.17) is 4.74 Å². The van der Waals surface area contributed by atoms with Gasteiger partial charge in [-0.3, -0.25) is 4.79 Å². The molecule has 1 aliphatic heterocycles. The molecule has 0 aliphatic carbocycles. The summed E-state index contributed by atoms with van der Waals surface area (Å²) in [6.45, 7) is 7.60. The minimum Gasteiger partial charge on any atom is -0.408 e. The molecule has 7 nitrogen and oxygen atoms in total. The zero-order chi connectivity index (χ0) is 22.6. The second-order valence-electron chi connectivity index (χ2n) is 9.11. The summed E-state index contributed by atoms with van der Waals surface area (Å²) in [6, 6.07) is 15.0. The van der Waals surface area contributed by atoms with Gasteiger partial charge in [-0.05, 0) is 77.7 Å². The van der Waals surface area contributed by atoms with Crippen LogP contribution in [0, 0.1) is 0 Å². The highest BCUT2D eigenvalue weighted by molar-refractivity contribution is 6.05. The Bertz CT molecular complexity index is 919. The second-order valence-corrected chi connectivity index (χ2v) is 9.11. The molecule has 0 aromatic heterocycles. The molecule has 166 valence electrons. The fourth-order valence-electron chi connectivity index (χ4n) is 3.51. The van der Waals surface area contributed by atoms with Crippen LogP contribution in [0.15, 0.2) is 48.5 Å². The molecular weight excluding hydrogens is 392 g/mol. The van der Waals surface area contributed by atoms with Crippen molar-refractivity contribution in [3.8, 4) is 5.75 Å². The van der Waals surface area contributed by atoms with Crippen molar-refractivity contribution in [2.24, 2.45) is 0 Å². The van der Waals surface area contributed by atoms with Gasteiger partial charge in [0.05, 0.1) is 5.69 Å². The lowest BCUT2D eigenvalue weighted by Crippen LogP contribution is -2.42. The summed E-state index contributed by atoms with van der Waals surface area (Å²) in [5.74, 6) is 0.0347. The Hall–Kier alpha value is -3.06. The fourth-order valence-corrected chi connectivity index (χ4v) is 3.51. The molecule has 1 saturated heterocycles. The van der Waals surface area contributed by atoms with E-state index in [1.165, 1.54) is 0 Å². The minimum absolute atomic E-state index is 0.258. The van der Waals surface area contributed by atoms with E-state index in [-0.39, 0.29) is 5.91 Å². The Labute approximate surface area is 184 Å². The SMILES string of the molecule is CN(C)C1CCN(c2ccc(C(=O)Nc3ccccc3OC(=O)NC(C)(C)C)cc2)C1. The number of nitrogens with one attached hydrogen (secondary N) is 2. The molecule has 1 unspecified atom stereocenters. The van der Waals surface area contributed by atoms with Gasteiger partial charge in [0.25, 0.3) is 5.91 Å². The highest BCUT2D eigenvalue weighted by Gasteiger charge is 2.24. The summed E-state index contributed by atoms with van der Waals surface area (Å²) in [5, 5.41) is 5.58. The summed E-state index contributed by atoms with van der Waals surface area (Å²) in [7, 11) is 4.21. The molecule has 1 heterocycles. The Morgan fingerprint density at radius 2 is 1.74 bits per heavy atom. The van der Waals surface area contributed by atoms with E-state index >= 15 is 0 Å². The second kappa shape index (κ2) is 9.39. The topological polar surface area (TPSA) is 73.9 Å². The molecule has 0 radical (unpaired) electrons. The molecule has 3 rings (SSSR count). The minimum atomic E-state index is -0.569. The first-order chi connectivity index (χ1) is 14.6. The number of ether oxygens (including phenoxy) is 1. The van der Waals surface area contributed by atoms with Crippen LogP contribution in [0.3, 0.4) is 0 Å². The van der Waals surface area contributed by atoms with E-state index < -0.39 is 11.6 Å². The van der Waals surface area contributed by atoms with Crippen molar-refractivity contribution in [2.75, 3.05) is 37.4 Å². The summed E-state index contributed by atoms with van der Waals surface area (Å²) >= 11 is 0. The average Bonchev–Trinajstić information content (AvgIpc) is 3.19. The zero-order valence-corrected chi connectivity index (χ0v) is 18.9. The first-order valence-corrected chi connectivity index (χ1v) is 10.5. The van der Waals surface area contributed by atoms with Crippen LogP contribution < -0.4 is 20.3 Å². The molecule has 0 spiro atoms. The predicted molar refractivity (Wildman–Crippen MR) is 124 cm³/mol. The van der Waals surface area contributed by atoms with Crippen LogP contribution in [-0.4, -0.2) is 55.7 Å². The Morgan fingerprint density at radius 3 is 2.35 bits per heavy atom. The lowest BCUT2D eigenvalue weighted by Gasteiger charge is -2.22. The van der Waals surface area contributed by atoms with Crippen LogP contribution in [0.5, 0.6) is 5.75 Å². The molecule has 1 fully saturated rings. The first kappa shape index (κ1) is 22.6. The van der Waals surface area contributed by atoms with Gasteiger partial charge in [-0.25, -0.2) is 4.79 Å². The van der Waals surface area contributed by atoms with Crippen molar-refractivity contribution in [1.29, 1.82) is 0 Å². The molecule has 7 heteroatoms. The van der Waals surface area contributed by atoms with Crippen LogP contribution in [0.4, 0.5) is 16.2 Å². The number of benzene rings is 2. The van der Waals surface area contributed by atoms with Gasteiger partial charge in [0.1, 0.15) is 0 Å². The molecular formula is C24H32N4O3. The maximum absolute atomic E-state index is 12.8.